The molecule has 8 aromatic carbocycles. The fourth-order valence-corrected chi connectivity index (χ4v) is 9.92. The van der Waals surface area contributed by atoms with Gasteiger partial charge in [0.15, 0.2) is 0 Å². The maximum Gasteiger partial charge on any atom is 0.137 e. The van der Waals surface area contributed by atoms with Gasteiger partial charge in [-0.2, -0.15) is 0 Å². The van der Waals surface area contributed by atoms with Gasteiger partial charge in [-0.05, 0) is 109 Å². The van der Waals surface area contributed by atoms with Gasteiger partial charge >= 0.3 is 0 Å². The molecule has 0 fully saturated rings. The van der Waals surface area contributed by atoms with Crippen LogP contribution in [0.2, 0.25) is 0 Å². The van der Waals surface area contributed by atoms with Crippen molar-refractivity contribution in [2.75, 3.05) is 4.90 Å². The molecule has 9 aromatic rings. The van der Waals surface area contributed by atoms with Crippen LogP contribution in [0.25, 0.3) is 66.4 Å². The van der Waals surface area contributed by atoms with E-state index in [4.69, 9.17) is 4.42 Å². The zero-order chi connectivity index (χ0) is 37.8. The van der Waals surface area contributed by atoms with E-state index in [2.05, 4.69) is 209 Å². The summed E-state index contributed by atoms with van der Waals surface area (Å²) < 4.78 is 6.50. The average molecular weight is 720 g/mol. The minimum Gasteiger partial charge on any atom is -0.456 e. The molecule has 2 heteroatoms. The van der Waals surface area contributed by atoms with Crippen LogP contribution in [0.5, 0.6) is 0 Å². The Morgan fingerprint density at radius 2 is 0.875 bits per heavy atom. The third kappa shape index (κ3) is 4.62. The summed E-state index contributed by atoms with van der Waals surface area (Å²) in [5.74, 6) is 0. The minimum absolute atomic E-state index is 0.194. The third-order valence-corrected chi connectivity index (χ3v) is 12.7. The van der Waals surface area contributed by atoms with Gasteiger partial charge in [0.2, 0.25) is 0 Å². The molecular formula is C54H41NO. The molecule has 268 valence electrons. The molecule has 2 nitrogen and oxygen atoms in total. The van der Waals surface area contributed by atoms with E-state index in [-0.39, 0.29) is 10.8 Å². The molecule has 56 heavy (non-hydrogen) atoms. The topological polar surface area (TPSA) is 16.4 Å². The number of nitrogens with zero attached hydrogens (tertiary/aromatic N) is 1. The molecule has 0 saturated heterocycles. The third-order valence-electron chi connectivity index (χ3n) is 12.7. The van der Waals surface area contributed by atoms with Gasteiger partial charge in [0, 0.05) is 27.6 Å². The van der Waals surface area contributed by atoms with Crippen LogP contribution < -0.4 is 4.90 Å². The zero-order valence-electron chi connectivity index (χ0n) is 32.1. The van der Waals surface area contributed by atoms with Crippen molar-refractivity contribution in [2.45, 2.75) is 38.5 Å². The van der Waals surface area contributed by atoms with Crippen LogP contribution in [0.1, 0.15) is 49.9 Å². The number of hydrogen-bond acceptors (Lipinski definition) is 2. The molecule has 0 saturated carbocycles. The van der Waals surface area contributed by atoms with Crippen molar-refractivity contribution in [1.82, 2.24) is 0 Å². The summed E-state index contributed by atoms with van der Waals surface area (Å²) in [5.41, 5.74) is 20.5. The van der Waals surface area contributed by atoms with Crippen LogP contribution in [0.15, 0.2) is 180 Å². The fraction of sp³-hybridized carbons (Fsp3) is 0.111. The first-order valence-electron chi connectivity index (χ1n) is 19.7. The van der Waals surface area contributed by atoms with Gasteiger partial charge in [-0.25, -0.2) is 0 Å². The van der Waals surface area contributed by atoms with Crippen molar-refractivity contribution in [1.29, 1.82) is 0 Å². The van der Waals surface area contributed by atoms with Gasteiger partial charge in [-0.3, -0.25) is 0 Å². The van der Waals surface area contributed by atoms with E-state index in [9.17, 15) is 0 Å². The Kier molecular flexibility index (Phi) is 6.98. The Balaban J connectivity index is 1.15. The maximum atomic E-state index is 6.50. The molecule has 0 unspecified atom stereocenters. The average Bonchev–Trinajstić information content (AvgIpc) is 3.81. The van der Waals surface area contributed by atoms with Gasteiger partial charge in [-0.1, -0.05) is 161 Å². The SMILES string of the molecule is CC1(C)c2cc(N(c3ccc4c(c3)C(C)(C)c3cccc(-c5ccccc5)c3-4)c3cccc4oc5ccccc5c34)ccc2-c2c(-c3ccccc3)cccc21. The second-order valence-electron chi connectivity index (χ2n) is 16.5. The molecule has 1 aromatic heterocycles. The molecule has 0 spiro atoms. The largest absolute Gasteiger partial charge is 0.456 e. The van der Waals surface area contributed by atoms with Crippen LogP contribution in [0, 0.1) is 0 Å². The second-order valence-corrected chi connectivity index (χ2v) is 16.5. The molecule has 0 N–H and O–H groups in total. The number of para-hydroxylation sites is 1. The van der Waals surface area contributed by atoms with Crippen LogP contribution in [0.3, 0.4) is 0 Å². The smallest absolute Gasteiger partial charge is 0.137 e. The minimum atomic E-state index is -0.194. The quantitative estimate of drug-likeness (QED) is 0.176. The fourth-order valence-electron chi connectivity index (χ4n) is 9.92. The molecule has 0 atom stereocenters. The van der Waals surface area contributed by atoms with E-state index in [1.54, 1.807) is 0 Å². The van der Waals surface area contributed by atoms with Gasteiger partial charge in [0.05, 0.1) is 11.1 Å². The summed E-state index contributed by atoms with van der Waals surface area (Å²) in [6.45, 7) is 9.52. The lowest BCUT2D eigenvalue weighted by molar-refractivity contribution is 0.660. The lowest BCUT2D eigenvalue weighted by Crippen LogP contribution is -2.18. The zero-order valence-corrected chi connectivity index (χ0v) is 32.1. The Morgan fingerprint density at radius 1 is 0.393 bits per heavy atom. The molecular weight excluding hydrogens is 679 g/mol. The lowest BCUT2D eigenvalue weighted by Gasteiger charge is -2.30. The first-order valence-corrected chi connectivity index (χ1v) is 19.7. The number of rotatable bonds is 5. The summed E-state index contributed by atoms with van der Waals surface area (Å²) in [6.07, 6.45) is 0. The van der Waals surface area contributed by atoms with Gasteiger partial charge < -0.3 is 9.32 Å². The number of fused-ring (bicyclic) bond motifs is 9. The van der Waals surface area contributed by atoms with Crippen LogP contribution in [-0.4, -0.2) is 0 Å². The highest BCUT2D eigenvalue weighted by molar-refractivity contribution is 6.13. The highest BCUT2D eigenvalue weighted by Gasteiger charge is 2.39. The lowest BCUT2D eigenvalue weighted by atomic mass is 9.81. The summed E-state index contributed by atoms with van der Waals surface area (Å²) in [7, 11) is 0. The van der Waals surface area contributed by atoms with Gasteiger partial charge in [0.1, 0.15) is 11.2 Å². The van der Waals surface area contributed by atoms with Crippen molar-refractivity contribution in [3.05, 3.63) is 198 Å². The predicted molar refractivity (Wildman–Crippen MR) is 234 cm³/mol. The summed E-state index contributed by atoms with van der Waals surface area (Å²) in [5, 5.41) is 2.23. The van der Waals surface area contributed by atoms with Gasteiger partial charge in [0.25, 0.3) is 0 Å². The van der Waals surface area contributed by atoms with E-state index < -0.39 is 0 Å². The number of anilines is 3. The molecule has 0 aliphatic heterocycles. The molecule has 2 aliphatic carbocycles. The second kappa shape index (κ2) is 11.9. The van der Waals surface area contributed by atoms with Crippen molar-refractivity contribution < 1.29 is 4.42 Å². The van der Waals surface area contributed by atoms with Crippen molar-refractivity contribution in [3.63, 3.8) is 0 Å². The summed E-state index contributed by atoms with van der Waals surface area (Å²) in [4.78, 5) is 2.47. The van der Waals surface area contributed by atoms with Crippen LogP contribution in [0.4, 0.5) is 17.1 Å². The van der Waals surface area contributed by atoms with Crippen LogP contribution in [-0.2, 0) is 10.8 Å². The Morgan fingerprint density at radius 3 is 1.43 bits per heavy atom. The maximum absolute atomic E-state index is 6.50. The monoisotopic (exact) mass is 719 g/mol. The number of furan rings is 1. The van der Waals surface area contributed by atoms with Crippen molar-refractivity contribution >= 4 is 39.0 Å². The Bertz CT molecular complexity index is 2870. The normalized spacial score (nSPS) is 14.4. The number of benzene rings is 8. The number of hydrogen-bond donors (Lipinski definition) is 0. The molecule has 11 rings (SSSR count). The Labute approximate surface area is 328 Å². The molecule has 0 radical (unpaired) electrons. The molecule has 1 heterocycles. The first kappa shape index (κ1) is 32.8. The summed E-state index contributed by atoms with van der Waals surface area (Å²) >= 11 is 0. The molecule has 0 bridgehead atoms. The van der Waals surface area contributed by atoms with Crippen LogP contribution >= 0.6 is 0 Å². The Hall–Kier alpha value is -6.64. The van der Waals surface area contributed by atoms with Crippen molar-refractivity contribution in [2.24, 2.45) is 0 Å². The van der Waals surface area contributed by atoms with E-state index in [1.165, 1.54) is 66.8 Å². The van der Waals surface area contributed by atoms with Crippen molar-refractivity contribution in [3.8, 4) is 44.5 Å². The van der Waals surface area contributed by atoms with E-state index in [0.717, 1.165) is 39.0 Å². The standard InChI is InChI=1S/C54H41NO/c1-53(2)43-23-13-21-38(34-16-7-5-8-17-34)50(43)40-30-28-36(32-45(40)53)55(47-25-15-27-49-52(47)42-20-11-12-26-48(42)56-49)37-29-31-41-46(33-37)54(3,4)44-24-14-22-39(51(41)44)35-18-9-6-10-19-35/h5-33H,1-4H3. The van der Waals surface area contributed by atoms with E-state index in [0.29, 0.717) is 0 Å². The molecule has 0 amide bonds. The van der Waals surface area contributed by atoms with E-state index in [1.807, 2.05) is 0 Å². The summed E-state index contributed by atoms with van der Waals surface area (Å²) in [6, 6.07) is 64.4. The highest BCUT2D eigenvalue weighted by atomic mass is 16.3. The predicted octanol–water partition coefficient (Wildman–Crippen LogP) is 15.0. The molecule has 2 aliphatic rings. The van der Waals surface area contributed by atoms with E-state index >= 15 is 0 Å². The van der Waals surface area contributed by atoms with Gasteiger partial charge in [-0.15, -0.1) is 0 Å². The first-order chi connectivity index (χ1) is 27.3. The highest BCUT2D eigenvalue weighted by Crippen LogP contribution is 2.56.